The second kappa shape index (κ2) is 5.16. The molecule has 0 radical (unpaired) electrons. The molecule has 0 bridgehead atoms. The number of aromatic carboxylic acids is 1. The summed E-state index contributed by atoms with van der Waals surface area (Å²) < 4.78 is 1.83. The van der Waals surface area contributed by atoms with Gasteiger partial charge in [-0.15, -0.1) is 0 Å². The zero-order valence-electron chi connectivity index (χ0n) is 12.5. The van der Waals surface area contributed by atoms with Gasteiger partial charge >= 0.3 is 5.97 Å². The Morgan fingerprint density at radius 2 is 1.70 bits per heavy atom. The highest BCUT2D eigenvalue weighted by Gasteiger charge is 2.16. The second-order valence-corrected chi connectivity index (χ2v) is 5.98. The smallest absolute Gasteiger partial charge is 0.352 e. The summed E-state index contributed by atoms with van der Waals surface area (Å²) in [6, 6.07) is 11.9. The molecule has 106 valence electrons. The van der Waals surface area contributed by atoms with E-state index in [1.54, 1.807) is 6.07 Å². The predicted octanol–water partition coefficient (Wildman–Crippen LogP) is 4.17. The Balaban J connectivity index is 2.45. The maximum atomic E-state index is 11.2. The van der Waals surface area contributed by atoms with E-state index in [1.807, 2.05) is 17.6 Å². The molecule has 2 aromatic rings. The molecule has 3 heteroatoms. The number of benzene rings is 1. The Morgan fingerprint density at radius 3 is 2.15 bits per heavy atom. The number of carboxylic acids is 1. The van der Waals surface area contributed by atoms with Crippen molar-refractivity contribution in [2.24, 2.45) is 0 Å². The van der Waals surface area contributed by atoms with Gasteiger partial charge in [0.05, 0.1) is 0 Å². The average molecular weight is 271 g/mol. The van der Waals surface area contributed by atoms with Gasteiger partial charge in [-0.2, -0.15) is 0 Å². The quantitative estimate of drug-likeness (QED) is 0.910. The van der Waals surface area contributed by atoms with Gasteiger partial charge in [-0.1, -0.05) is 45.0 Å². The Kier molecular flexibility index (Phi) is 3.71. The highest BCUT2D eigenvalue weighted by molar-refractivity contribution is 5.87. The molecule has 1 aromatic carbocycles. The molecule has 0 aliphatic rings. The van der Waals surface area contributed by atoms with Crippen LogP contribution in [0.15, 0.2) is 36.4 Å². The highest BCUT2D eigenvalue weighted by atomic mass is 16.4. The molecular weight excluding hydrogens is 250 g/mol. The normalized spacial score (nSPS) is 11.6. The van der Waals surface area contributed by atoms with E-state index in [1.165, 1.54) is 5.56 Å². The first-order chi connectivity index (χ1) is 9.34. The SMILES string of the molecule is CCn1c(C(=O)O)ccc1-c1ccc(C(C)(C)C)cc1. The zero-order chi connectivity index (χ0) is 14.9. The van der Waals surface area contributed by atoms with E-state index in [2.05, 4.69) is 45.0 Å². The fourth-order valence-electron chi connectivity index (χ4n) is 2.39. The van der Waals surface area contributed by atoms with Gasteiger partial charge in [0.1, 0.15) is 5.69 Å². The first kappa shape index (κ1) is 14.4. The lowest BCUT2D eigenvalue weighted by Gasteiger charge is -2.19. The minimum atomic E-state index is -0.885. The number of hydrogen-bond donors (Lipinski definition) is 1. The lowest BCUT2D eigenvalue weighted by Crippen LogP contribution is -2.11. The van der Waals surface area contributed by atoms with E-state index in [9.17, 15) is 9.90 Å². The van der Waals surface area contributed by atoms with E-state index in [-0.39, 0.29) is 5.41 Å². The van der Waals surface area contributed by atoms with Gasteiger partial charge in [0, 0.05) is 12.2 Å². The molecule has 1 aromatic heterocycles. The third-order valence-electron chi connectivity index (χ3n) is 3.56. The molecule has 20 heavy (non-hydrogen) atoms. The topological polar surface area (TPSA) is 42.2 Å². The Hall–Kier alpha value is -2.03. The van der Waals surface area contributed by atoms with Gasteiger partial charge in [-0.25, -0.2) is 4.79 Å². The molecule has 0 saturated carbocycles. The van der Waals surface area contributed by atoms with Crippen molar-refractivity contribution < 1.29 is 9.90 Å². The Labute approximate surface area is 119 Å². The third kappa shape index (κ3) is 2.62. The van der Waals surface area contributed by atoms with E-state index in [4.69, 9.17) is 0 Å². The molecular formula is C17H21NO2. The van der Waals surface area contributed by atoms with E-state index in [0.29, 0.717) is 12.2 Å². The predicted molar refractivity (Wildman–Crippen MR) is 81.2 cm³/mol. The van der Waals surface area contributed by atoms with Crippen LogP contribution in [-0.4, -0.2) is 15.6 Å². The number of carboxylic acid groups (broad SMARTS) is 1. The minimum Gasteiger partial charge on any atom is -0.477 e. The number of carbonyl (C=O) groups is 1. The molecule has 2 rings (SSSR count). The van der Waals surface area contributed by atoms with Gasteiger partial charge in [-0.3, -0.25) is 0 Å². The van der Waals surface area contributed by atoms with E-state index < -0.39 is 5.97 Å². The summed E-state index contributed by atoms with van der Waals surface area (Å²) in [5, 5.41) is 9.19. The summed E-state index contributed by atoms with van der Waals surface area (Å²) in [6.45, 7) is 9.14. The van der Waals surface area contributed by atoms with Crippen LogP contribution in [0, 0.1) is 0 Å². The summed E-state index contributed by atoms with van der Waals surface area (Å²) in [5.41, 5.74) is 3.73. The van der Waals surface area contributed by atoms with Crippen molar-refractivity contribution >= 4 is 5.97 Å². The zero-order valence-corrected chi connectivity index (χ0v) is 12.5. The van der Waals surface area contributed by atoms with Crippen molar-refractivity contribution in [2.45, 2.75) is 39.7 Å². The summed E-state index contributed by atoms with van der Waals surface area (Å²) >= 11 is 0. The fraction of sp³-hybridized carbons (Fsp3) is 0.353. The van der Waals surface area contributed by atoms with Gasteiger partial charge in [-0.05, 0) is 35.6 Å². The Morgan fingerprint density at radius 1 is 1.10 bits per heavy atom. The maximum Gasteiger partial charge on any atom is 0.352 e. The van der Waals surface area contributed by atoms with Crippen molar-refractivity contribution in [1.29, 1.82) is 0 Å². The van der Waals surface area contributed by atoms with Crippen LogP contribution in [0.3, 0.4) is 0 Å². The van der Waals surface area contributed by atoms with E-state index in [0.717, 1.165) is 11.3 Å². The van der Waals surface area contributed by atoms with Crippen LogP contribution < -0.4 is 0 Å². The van der Waals surface area contributed by atoms with Crippen molar-refractivity contribution in [1.82, 2.24) is 4.57 Å². The van der Waals surface area contributed by atoms with Gasteiger partial charge in [0.15, 0.2) is 0 Å². The molecule has 0 unspecified atom stereocenters. The average Bonchev–Trinajstić information content (AvgIpc) is 2.81. The molecule has 0 fully saturated rings. The Bertz CT molecular complexity index is 615. The number of nitrogens with zero attached hydrogens (tertiary/aromatic N) is 1. The number of hydrogen-bond acceptors (Lipinski definition) is 1. The summed E-state index contributed by atoms with van der Waals surface area (Å²) in [4.78, 5) is 11.2. The van der Waals surface area contributed by atoms with Crippen molar-refractivity contribution in [3.8, 4) is 11.3 Å². The molecule has 1 heterocycles. The van der Waals surface area contributed by atoms with Crippen molar-refractivity contribution in [3.63, 3.8) is 0 Å². The molecule has 0 amide bonds. The van der Waals surface area contributed by atoms with Crippen molar-refractivity contribution in [2.75, 3.05) is 0 Å². The lowest BCUT2D eigenvalue weighted by molar-refractivity contribution is 0.0685. The fourth-order valence-corrected chi connectivity index (χ4v) is 2.39. The third-order valence-corrected chi connectivity index (χ3v) is 3.56. The van der Waals surface area contributed by atoms with Gasteiger partial charge in [0.25, 0.3) is 0 Å². The molecule has 3 nitrogen and oxygen atoms in total. The van der Waals surface area contributed by atoms with Crippen LogP contribution in [0.1, 0.15) is 43.7 Å². The summed E-state index contributed by atoms with van der Waals surface area (Å²) in [7, 11) is 0. The first-order valence-corrected chi connectivity index (χ1v) is 6.88. The lowest BCUT2D eigenvalue weighted by atomic mass is 9.86. The van der Waals surface area contributed by atoms with Crippen LogP contribution in [0.2, 0.25) is 0 Å². The van der Waals surface area contributed by atoms with Crippen LogP contribution >= 0.6 is 0 Å². The van der Waals surface area contributed by atoms with Crippen LogP contribution in [0.25, 0.3) is 11.3 Å². The van der Waals surface area contributed by atoms with Crippen LogP contribution in [-0.2, 0) is 12.0 Å². The molecule has 1 N–H and O–H groups in total. The molecule has 0 saturated heterocycles. The monoisotopic (exact) mass is 271 g/mol. The van der Waals surface area contributed by atoms with Crippen molar-refractivity contribution in [3.05, 3.63) is 47.7 Å². The molecule has 0 aliphatic heterocycles. The summed E-state index contributed by atoms with van der Waals surface area (Å²) in [5.74, 6) is -0.885. The van der Waals surface area contributed by atoms with Gasteiger partial charge in [0.2, 0.25) is 0 Å². The number of aromatic nitrogens is 1. The molecule has 0 spiro atoms. The standard InChI is InChI=1S/C17H21NO2/c1-5-18-14(10-11-15(18)16(19)20)12-6-8-13(9-7-12)17(2,3)4/h6-11H,5H2,1-4H3,(H,19,20). The van der Waals surface area contributed by atoms with Crippen LogP contribution in [0.4, 0.5) is 0 Å². The largest absolute Gasteiger partial charge is 0.477 e. The second-order valence-electron chi connectivity index (χ2n) is 5.98. The van der Waals surface area contributed by atoms with E-state index >= 15 is 0 Å². The number of rotatable bonds is 3. The van der Waals surface area contributed by atoms with Crippen LogP contribution in [0.5, 0.6) is 0 Å². The minimum absolute atomic E-state index is 0.123. The maximum absolute atomic E-state index is 11.2. The molecule has 0 atom stereocenters. The van der Waals surface area contributed by atoms with Gasteiger partial charge < -0.3 is 9.67 Å². The highest BCUT2D eigenvalue weighted by Crippen LogP contribution is 2.27. The first-order valence-electron chi connectivity index (χ1n) is 6.88. The molecule has 0 aliphatic carbocycles. The summed E-state index contributed by atoms with van der Waals surface area (Å²) in [6.07, 6.45) is 0.